The first kappa shape index (κ1) is 24.1. The second-order valence-corrected chi connectivity index (χ2v) is 7.52. The van der Waals surface area contributed by atoms with E-state index in [0.717, 1.165) is 23.2 Å². The second kappa shape index (κ2) is 9.90. The van der Waals surface area contributed by atoms with Crippen molar-refractivity contribution in [1.29, 1.82) is 0 Å². The molecule has 3 rings (SSSR count). The summed E-state index contributed by atoms with van der Waals surface area (Å²) in [5.74, 6) is -3.72. The fraction of sp³-hybridized carbons (Fsp3) is 0.238. The number of benzene rings is 2. The molecule has 1 heterocycles. The molecule has 0 aromatic heterocycles. The maximum absolute atomic E-state index is 12.7. The highest BCUT2D eigenvalue weighted by Gasteiger charge is 2.37. The summed E-state index contributed by atoms with van der Waals surface area (Å²) in [5.41, 5.74) is 1.59. The monoisotopic (exact) mass is 483 g/mol. The molecule has 33 heavy (non-hydrogen) atoms. The van der Waals surface area contributed by atoms with Crippen LogP contribution < -0.4 is 10.7 Å². The van der Waals surface area contributed by atoms with E-state index in [2.05, 4.69) is 10.7 Å². The molecule has 8 nitrogen and oxygen atoms in total. The van der Waals surface area contributed by atoms with E-state index in [1.54, 1.807) is 0 Å². The highest BCUT2D eigenvalue weighted by molar-refractivity contribution is 6.30. The molecule has 1 fully saturated rings. The Hall–Kier alpha value is -3.60. The average Bonchev–Trinajstić information content (AvgIpc) is 3.12. The van der Waals surface area contributed by atoms with Crippen LogP contribution in [0.2, 0.25) is 5.02 Å². The number of nitrogens with one attached hydrogen (secondary N) is 2. The molecule has 0 spiro atoms. The van der Waals surface area contributed by atoms with Gasteiger partial charge in [0.15, 0.2) is 6.61 Å². The lowest BCUT2D eigenvalue weighted by atomic mass is 10.1. The second-order valence-electron chi connectivity index (χ2n) is 7.09. The van der Waals surface area contributed by atoms with Gasteiger partial charge in [0.1, 0.15) is 0 Å². The van der Waals surface area contributed by atoms with E-state index in [0.29, 0.717) is 5.02 Å². The lowest BCUT2D eigenvalue weighted by molar-refractivity contribution is -0.151. The van der Waals surface area contributed by atoms with Gasteiger partial charge in [0.05, 0.1) is 18.0 Å². The SMILES string of the molecule is O=C(COC(=O)[C@@H]1CC(=O)N(NC(=O)c2ccc(Cl)cc2)C1)Nc1cccc(C(F)(F)F)c1. The van der Waals surface area contributed by atoms with Crippen LogP contribution in [0, 0.1) is 5.92 Å². The van der Waals surface area contributed by atoms with Crippen LogP contribution in [0.4, 0.5) is 18.9 Å². The van der Waals surface area contributed by atoms with Crippen molar-refractivity contribution in [3.63, 3.8) is 0 Å². The van der Waals surface area contributed by atoms with Gasteiger partial charge in [-0.05, 0) is 42.5 Å². The van der Waals surface area contributed by atoms with Crippen molar-refractivity contribution in [2.75, 3.05) is 18.5 Å². The van der Waals surface area contributed by atoms with Gasteiger partial charge in [0.2, 0.25) is 5.91 Å². The van der Waals surface area contributed by atoms with E-state index >= 15 is 0 Å². The molecule has 2 aromatic rings. The van der Waals surface area contributed by atoms with Gasteiger partial charge in [0, 0.05) is 22.7 Å². The Morgan fingerprint density at radius 2 is 1.82 bits per heavy atom. The summed E-state index contributed by atoms with van der Waals surface area (Å²) in [6.45, 7) is -0.914. The molecule has 1 atom stereocenters. The summed E-state index contributed by atoms with van der Waals surface area (Å²) in [7, 11) is 0. The van der Waals surface area contributed by atoms with Gasteiger partial charge in [-0.25, -0.2) is 0 Å². The van der Waals surface area contributed by atoms with Crippen LogP contribution in [-0.2, 0) is 25.3 Å². The van der Waals surface area contributed by atoms with Crippen LogP contribution in [0.1, 0.15) is 22.3 Å². The molecule has 1 aliphatic rings. The number of carbonyl (C=O) groups excluding carboxylic acids is 4. The molecule has 0 bridgehead atoms. The number of nitrogens with zero attached hydrogens (tertiary/aromatic N) is 1. The van der Waals surface area contributed by atoms with E-state index in [1.807, 2.05) is 0 Å². The zero-order valence-corrected chi connectivity index (χ0v) is 17.6. The molecule has 0 saturated carbocycles. The number of alkyl halides is 3. The maximum Gasteiger partial charge on any atom is 0.416 e. The lowest BCUT2D eigenvalue weighted by Crippen LogP contribution is -2.43. The third-order valence-electron chi connectivity index (χ3n) is 4.62. The van der Waals surface area contributed by atoms with Crippen molar-refractivity contribution < 1.29 is 37.1 Å². The zero-order chi connectivity index (χ0) is 24.2. The Kier molecular flexibility index (Phi) is 7.22. The molecular formula is C21H17ClF3N3O5. The first-order valence-electron chi connectivity index (χ1n) is 9.53. The zero-order valence-electron chi connectivity index (χ0n) is 16.8. The third-order valence-corrected chi connectivity index (χ3v) is 4.87. The number of amides is 3. The van der Waals surface area contributed by atoms with Crippen molar-refractivity contribution in [3.8, 4) is 0 Å². The first-order valence-corrected chi connectivity index (χ1v) is 9.91. The number of ether oxygens (including phenoxy) is 1. The predicted octanol–water partition coefficient (Wildman–Crippen LogP) is 3.03. The van der Waals surface area contributed by atoms with Gasteiger partial charge >= 0.3 is 12.1 Å². The fourth-order valence-electron chi connectivity index (χ4n) is 2.99. The van der Waals surface area contributed by atoms with Crippen LogP contribution in [-0.4, -0.2) is 41.9 Å². The van der Waals surface area contributed by atoms with E-state index < -0.39 is 48.0 Å². The number of rotatable bonds is 6. The number of hydrazine groups is 1. The fourth-order valence-corrected chi connectivity index (χ4v) is 3.11. The Bertz CT molecular complexity index is 1080. The average molecular weight is 484 g/mol. The van der Waals surface area contributed by atoms with Gasteiger partial charge in [-0.3, -0.25) is 29.6 Å². The van der Waals surface area contributed by atoms with Gasteiger partial charge in [-0.2, -0.15) is 13.2 Å². The Balaban J connectivity index is 1.49. The Morgan fingerprint density at radius 3 is 2.48 bits per heavy atom. The summed E-state index contributed by atoms with van der Waals surface area (Å²) >= 11 is 5.76. The topological polar surface area (TPSA) is 105 Å². The Morgan fingerprint density at radius 1 is 1.12 bits per heavy atom. The molecule has 0 unspecified atom stereocenters. The normalized spacial score (nSPS) is 15.8. The highest BCUT2D eigenvalue weighted by atomic mass is 35.5. The van der Waals surface area contributed by atoms with Crippen molar-refractivity contribution in [1.82, 2.24) is 10.4 Å². The number of halogens is 4. The summed E-state index contributed by atoms with van der Waals surface area (Å²) in [6, 6.07) is 9.92. The predicted molar refractivity (Wildman–Crippen MR) is 110 cm³/mol. The summed E-state index contributed by atoms with van der Waals surface area (Å²) in [5, 5.41) is 3.62. The van der Waals surface area contributed by atoms with E-state index in [9.17, 15) is 32.3 Å². The number of carbonyl (C=O) groups is 4. The van der Waals surface area contributed by atoms with Gasteiger partial charge in [-0.15, -0.1) is 0 Å². The van der Waals surface area contributed by atoms with E-state index in [1.165, 1.54) is 30.3 Å². The molecule has 12 heteroatoms. The molecule has 0 aliphatic carbocycles. The van der Waals surface area contributed by atoms with Gasteiger partial charge in [-0.1, -0.05) is 17.7 Å². The quantitative estimate of drug-likeness (QED) is 0.615. The first-order chi connectivity index (χ1) is 15.5. The van der Waals surface area contributed by atoms with Crippen molar-refractivity contribution in [2.24, 2.45) is 5.92 Å². The summed E-state index contributed by atoms with van der Waals surface area (Å²) in [4.78, 5) is 48.5. The van der Waals surface area contributed by atoms with Gasteiger partial charge in [0.25, 0.3) is 11.8 Å². The molecule has 3 amide bonds. The molecule has 0 radical (unpaired) electrons. The smallest absolute Gasteiger partial charge is 0.416 e. The van der Waals surface area contributed by atoms with Crippen LogP contribution in [0.15, 0.2) is 48.5 Å². The molecule has 1 aliphatic heterocycles. The molecular weight excluding hydrogens is 467 g/mol. The van der Waals surface area contributed by atoms with E-state index in [-0.39, 0.29) is 24.2 Å². The number of esters is 1. The van der Waals surface area contributed by atoms with Crippen molar-refractivity contribution >= 4 is 41.0 Å². The maximum atomic E-state index is 12.7. The minimum Gasteiger partial charge on any atom is -0.455 e. The van der Waals surface area contributed by atoms with E-state index in [4.69, 9.17) is 16.3 Å². The summed E-state index contributed by atoms with van der Waals surface area (Å²) in [6.07, 6.45) is -4.81. The summed E-state index contributed by atoms with van der Waals surface area (Å²) < 4.78 is 43.1. The van der Waals surface area contributed by atoms with Crippen molar-refractivity contribution in [3.05, 3.63) is 64.7 Å². The minimum absolute atomic E-state index is 0.113. The van der Waals surface area contributed by atoms with Crippen LogP contribution in [0.3, 0.4) is 0 Å². The van der Waals surface area contributed by atoms with Crippen LogP contribution in [0.5, 0.6) is 0 Å². The van der Waals surface area contributed by atoms with Crippen LogP contribution in [0.25, 0.3) is 0 Å². The minimum atomic E-state index is -4.57. The van der Waals surface area contributed by atoms with Gasteiger partial charge < -0.3 is 10.1 Å². The highest BCUT2D eigenvalue weighted by Crippen LogP contribution is 2.30. The number of hydrogen-bond donors (Lipinski definition) is 2. The standard InChI is InChI=1S/C21H17ClF3N3O5/c22-15-6-4-12(5-7-15)19(31)27-28-10-13(8-18(28)30)20(32)33-11-17(29)26-16-3-1-2-14(9-16)21(23,24)25/h1-7,9,13H,8,10-11H2,(H,26,29)(H,27,31)/t13-/m1/s1. The molecule has 174 valence electrons. The largest absolute Gasteiger partial charge is 0.455 e. The number of hydrogen-bond acceptors (Lipinski definition) is 5. The molecule has 2 aromatic carbocycles. The number of anilines is 1. The lowest BCUT2D eigenvalue weighted by Gasteiger charge is -2.17. The molecule has 1 saturated heterocycles. The molecule has 2 N–H and O–H groups in total. The third kappa shape index (κ3) is 6.45. The van der Waals surface area contributed by atoms with Crippen LogP contribution >= 0.6 is 11.6 Å². The van der Waals surface area contributed by atoms with Crippen molar-refractivity contribution in [2.45, 2.75) is 12.6 Å². The Labute approximate surface area is 190 Å².